The van der Waals surface area contributed by atoms with E-state index in [9.17, 15) is 0 Å². The minimum Gasteiger partial charge on any atom is -0.478 e. The number of aliphatic hydroxyl groups is 1. The molecule has 0 aliphatic carbocycles. The Labute approximate surface area is 89.5 Å². The van der Waals surface area contributed by atoms with Gasteiger partial charge in [-0.05, 0) is 13.3 Å². The van der Waals surface area contributed by atoms with Crippen LogP contribution in [-0.4, -0.2) is 34.3 Å². The maximum absolute atomic E-state index is 8.87. The third-order valence-electron chi connectivity index (χ3n) is 1.76. The predicted molar refractivity (Wildman–Crippen MR) is 58.0 cm³/mol. The van der Waals surface area contributed by atoms with Crippen molar-refractivity contribution in [2.24, 2.45) is 0 Å². The Kier molecular flexibility index (Phi) is 4.83. The van der Waals surface area contributed by atoms with Crippen molar-refractivity contribution in [1.82, 2.24) is 9.97 Å². The van der Waals surface area contributed by atoms with Crippen molar-refractivity contribution in [3.8, 4) is 5.88 Å². The molecule has 1 aromatic rings. The van der Waals surface area contributed by atoms with Gasteiger partial charge in [-0.15, -0.1) is 0 Å². The number of hydrogen-bond donors (Lipinski definition) is 2. The van der Waals surface area contributed by atoms with Gasteiger partial charge in [0.1, 0.15) is 12.1 Å². The van der Waals surface area contributed by atoms with Crippen LogP contribution in [0.25, 0.3) is 0 Å². The Morgan fingerprint density at radius 3 is 3.00 bits per heavy atom. The van der Waals surface area contributed by atoms with Crippen molar-refractivity contribution < 1.29 is 9.84 Å². The molecule has 1 atom stereocenters. The van der Waals surface area contributed by atoms with Crippen LogP contribution in [0, 0.1) is 0 Å². The van der Waals surface area contributed by atoms with Gasteiger partial charge in [0.2, 0.25) is 5.88 Å². The Hall–Kier alpha value is -1.36. The minimum atomic E-state index is -0.0288. The fraction of sp³-hybridized carbons (Fsp3) is 0.600. The van der Waals surface area contributed by atoms with E-state index in [0.29, 0.717) is 18.3 Å². The van der Waals surface area contributed by atoms with Crippen LogP contribution in [-0.2, 0) is 0 Å². The molecule has 2 N–H and O–H groups in total. The molecule has 0 fully saturated rings. The average molecular weight is 211 g/mol. The molecule has 0 aromatic carbocycles. The maximum atomic E-state index is 8.87. The fourth-order valence-corrected chi connectivity index (χ4v) is 1.00. The van der Waals surface area contributed by atoms with Crippen molar-refractivity contribution in [2.45, 2.75) is 26.3 Å². The van der Waals surface area contributed by atoms with Gasteiger partial charge in [-0.25, -0.2) is 9.97 Å². The summed E-state index contributed by atoms with van der Waals surface area (Å²) in [5, 5.41) is 11.9. The van der Waals surface area contributed by atoms with Crippen molar-refractivity contribution in [3.05, 3.63) is 12.4 Å². The topological polar surface area (TPSA) is 67.3 Å². The number of rotatable bonds is 6. The first-order valence-electron chi connectivity index (χ1n) is 5.08. The van der Waals surface area contributed by atoms with Gasteiger partial charge in [0.05, 0.1) is 13.2 Å². The van der Waals surface area contributed by atoms with Crippen LogP contribution in [0.2, 0.25) is 0 Å². The number of ether oxygens (including phenoxy) is 1. The van der Waals surface area contributed by atoms with Gasteiger partial charge >= 0.3 is 0 Å². The molecule has 5 nitrogen and oxygen atoms in total. The summed E-state index contributed by atoms with van der Waals surface area (Å²) in [6.45, 7) is 4.62. The molecular weight excluding hydrogens is 194 g/mol. The third kappa shape index (κ3) is 4.12. The van der Waals surface area contributed by atoms with E-state index in [2.05, 4.69) is 15.3 Å². The molecule has 15 heavy (non-hydrogen) atoms. The fourth-order valence-electron chi connectivity index (χ4n) is 1.00. The monoisotopic (exact) mass is 211 g/mol. The van der Waals surface area contributed by atoms with E-state index in [1.165, 1.54) is 6.33 Å². The summed E-state index contributed by atoms with van der Waals surface area (Å²) in [4.78, 5) is 8.00. The lowest BCUT2D eigenvalue weighted by molar-refractivity contribution is 0.281. The molecule has 1 unspecified atom stereocenters. The zero-order valence-corrected chi connectivity index (χ0v) is 9.10. The number of nitrogens with one attached hydrogen (secondary N) is 1. The standard InChI is InChI=1S/C10H17N3O2/c1-3-4-15-10-5-9(11-7-12-10)13-8(2)6-14/h5,7-8,14H,3-4,6H2,1-2H3,(H,11,12,13). The van der Waals surface area contributed by atoms with Crippen molar-refractivity contribution >= 4 is 5.82 Å². The number of aromatic nitrogens is 2. The second kappa shape index (κ2) is 6.19. The van der Waals surface area contributed by atoms with Gasteiger partial charge in [0, 0.05) is 12.1 Å². The summed E-state index contributed by atoms with van der Waals surface area (Å²) < 4.78 is 5.36. The zero-order chi connectivity index (χ0) is 11.1. The van der Waals surface area contributed by atoms with Gasteiger partial charge in [-0.3, -0.25) is 0 Å². The highest BCUT2D eigenvalue weighted by molar-refractivity contribution is 5.37. The Bertz CT molecular complexity index is 294. The summed E-state index contributed by atoms with van der Waals surface area (Å²) >= 11 is 0. The highest BCUT2D eigenvalue weighted by atomic mass is 16.5. The molecule has 0 saturated carbocycles. The molecule has 0 spiro atoms. The summed E-state index contributed by atoms with van der Waals surface area (Å²) in [6, 6.07) is 1.70. The molecule has 84 valence electrons. The van der Waals surface area contributed by atoms with E-state index in [0.717, 1.165) is 6.42 Å². The number of hydrogen-bond acceptors (Lipinski definition) is 5. The first kappa shape index (κ1) is 11.7. The van der Waals surface area contributed by atoms with Gasteiger partial charge in [0.25, 0.3) is 0 Å². The molecule has 0 saturated heterocycles. The molecular formula is C10H17N3O2. The van der Waals surface area contributed by atoms with Crippen LogP contribution in [0.3, 0.4) is 0 Å². The zero-order valence-electron chi connectivity index (χ0n) is 9.10. The molecule has 0 aliphatic heterocycles. The van der Waals surface area contributed by atoms with Crippen molar-refractivity contribution in [1.29, 1.82) is 0 Å². The Balaban J connectivity index is 2.57. The molecule has 0 aliphatic rings. The summed E-state index contributed by atoms with van der Waals surface area (Å²) in [6.07, 6.45) is 2.39. The molecule has 1 aromatic heterocycles. The molecule has 0 radical (unpaired) electrons. The highest BCUT2D eigenvalue weighted by Gasteiger charge is 2.02. The summed E-state index contributed by atoms with van der Waals surface area (Å²) in [5.41, 5.74) is 0. The second-order valence-corrected chi connectivity index (χ2v) is 3.32. The van der Waals surface area contributed by atoms with E-state index >= 15 is 0 Å². The predicted octanol–water partition coefficient (Wildman–Crippen LogP) is 1.06. The van der Waals surface area contributed by atoms with Gasteiger partial charge < -0.3 is 15.2 Å². The summed E-state index contributed by atoms with van der Waals surface area (Å²) in [5.74, 6) is 1.22. The summed E-state index contributed by atoms with van der Waals surface area (Å²) in [7, 11) is 0. The highest BCUT2D eigenvalue weighted by Crippen LogP contribution is 2.11. The third-order valence-corrected chi connectivity index (χ3v) is 1.76. The van der Waals surface area contributed by atoms with E-state index in [1.807, 2.05) is 13.8 Å². The molecule has 0 bridgehead atoms. The van der Waals surface area contributed by atoms with Crippen LogP contribution in [0.1, 0.15) is 20.3 Å². The molecule has 0 amide bonds. The van der Waals surface area contributed by atoms with Crippen LogP contribution >= 0.6 is 0 Å². The number of nitrogens with zero attached hydrogens (tertiary/aromatic N) is 2. The average Bonchev–Trinajstić information content (AvgIpc) is 2.26. The lowest BCUT2D eigenvalue weighted by atomic mass is 10.3. The Morgan fingerprint density at radius 2 is 2.33 bits per heavy atom. The second-order valence-electron chi connectivity index (χ2n) is 3.32. The van der Waals surface area contributed by atoms with Crippen LogP contribution < -0.4 is 10.1 Å². The SMILES string of the molecule is CCCOc1cc(NC(C)CO)ncn1. The van der Waals surface area contributed by atoms with E-state index in [1.54, 1.807) is 6.07 Å². The molecule has 1 heterocycles. The smallest absolute Gasteiger partial charge is 0.218 e. The van der Waals surface area contributed by atoms with E-state index in [4.69, 9.17) is 9.84 Å². The van der Waals surface area contributed by atoms with Gasteiger partial charge in [0.15, 0.2) is 0 Å². The Morgan fingerprint density at radius 1 is 1.53 bits per heavy atom. The quantitative estimate of drug-likeness (QED) is 0.736. The maximum Gasteiger partial charge on any atom is 0.218 e. The first-order chi connectivity index (χ1) is 7.26. The van der Waals surface area contributed by atoms with Crippen LogP contribution in [0.5, 0.6) is 5.88 Å². The molecule has 1 rings (SSSR count). The molecule has 5 heteroatoms. The van der Waals surface area contributed by atoms with Gasteiger partial charge in [-0.1, -0.05) is 6.92 Å². The minimum absolute atomic E-state index is 0.0288. The van der Waals surface area contributed by atoms with Crippen molar-refractivity contribution in [2.75, 3.05) is 18.5 Å². The lowest BCUT2D eigenvalue weighted by Gasteiger charge is -2.11. The normalized spacial score (nSPS) is 12.2. The van der Waals surface area contributed by atoms with Crippen molar-refractivity contribution in [3.63, 3.8) is 0 Å². The first-order valence-corrected chi connectivity index (χ1v) is 5.08. The van der Waals surface area contributed by atoms with E-state index in [-0.39, 0.29) is 12.6 Å². The van der Waals surface area contributed by atoms with Crippen LogP contribution in [0.15, 0.2) is 12.4 Å². The van der Waals surface area contributed by atoms with Crippen LogP contribution in [0.4, 0.5) is 5.82 Å². The van der Waals surface area contributed by atoms with E-state index < -0.39 is 0 Å². The number of aliphatic hydroxyl groups excluding tert-OH is 1. The number of anilines is 1. The van der Waals surface area contributed by atoms with Gasteiger partial charge in [-0.2, -0.15) is 0 Å². The lowest BCUT2D eigenvalue weighted by Crippen LogP contribution is -2.20. The largest absolute Gasteiger partial charge is 0.478 e.